The Kier molecular flexibility index (Phi) is 6.05. The zero-order valence-corrected chi connectivity index (χ0v) is 15.9. The summed E-state index contributed by atoms with van der Waals surface area (Å²) >= 11 is 0. The van der Waals surface area contributed by atoms with Crippen molar-refractivity contribution in [3.63, 3.8) is 0 Å². The zero-order valence-electron chi connectivity index (χ0n) is 15.9. The first-order valence-electron chi connectivity index (χ1n) is 8.90. The first kappa shape index (κ1) is 19.9. The number of amides is 1. The molecular formula is C20H27NO5. The zero-order chi connectivity index (χ0) is 19.4. The van der Waals surface area contributed by atoms with Crippen molar-refractivity contribution in [3.05, 3.63) is 35.9 Å². The lowest BCUT2D eigenvalue weighted by Crippen LogP contribution is -2.55. The van der Waals surface area contributed by atoms with Gasteiger partial charge in [-0.15, -0.1) is 0 Å². The molecule has 1 amide bonds. The second-order valence-electron chi connectivity index (χ2n) is 7.54. The molecule has 26 heavy (non-hydrogen) atoms. The molecule has 0 bridgehead atoms. The van der Waals surface area contributed by atoms with E-state index >= 15 is 0 Å². The normalized spacial score (nSPS) is 20.6. The van der Waals surface area contributed by atoms with Crippen molar-refractivity contribution in [2.75, 3.05) is 19.7 Å². The molecule has 2 rings (SSSR count). The quantitative estimate of drug-likeness (QED) is 0.609. The van der Waals surface area contributed by atoms with Crippen molar-refractivity contribution in [1.82, 2.24) is 4.90 Å². The molecule has 1 saturated heterocycles. The number of carbonyl (C=O) groups excluding carboxylic acids is 3. The Balaban J connectivity index is 2.21. The Hall–Kier alpha value is -2.37. The summed E-state index contributed by atoms with van der Waals surface area (Å²) in [5, 5.41) is 0. The van der Waals surface area contributed by atoms with E-state index in [1.807, 2.05) is 30.3 Å². The topological polar surface area (TPSA) is 72.9 Å². The molecule has 142 valence electrons. The molecule has 0 spiro atoms. The number of benzene rings is 1. The van der Waals surface area contributed by atoms with Crippen LogP contribution in [-0.2, 0) is 25.5 Å². The summed E-state index contributed by atoms with van der Waals surface area (Å²) in [6.07, 6.45) is -0.0463. The van der Waals surface area contributed by atoms with E-state index in [4.69, 9.17) is 9.47 Å². The van der Waals surface area contributed by atoms with Gasteiger partial charge in [0.25, 0.3) is 0 Å². The van der Waals surface area contributed by atoms with Crippen molar-refractivity contribution < 1.29 is 23.9 Å². The van der Waals surface area contributed by atoms with Gasteiger partial charge in [-0.2, -0.15) is 0 Å². The maximum atomic E-state index is 13.0. The molecule has 1 aromatic rings. The molecule has 0 aromatic heterocycles. The van der Waals surface area contributed by atoms with Crippen LogP contribution in [0, 0.1) is 5.41 Å². The van der Waals surface area contributed by atoms with Gasteiger partial charge in [0, 0.05) is 6.54 Å². The third-order valence-corrected chi connectivity index (χ3v) is 4.34. The largest absolute Gasteiger partial charge is 0.465 e. The predicted molar refractivity (Wildman–Crippen MR) is 96.6 cm³/mol. The predicted octanol–water partition coefficient (Wildman–Crippen LogP) is 2.99. The highest BCUT2D eigenvalue weighted by molar-refractivity contribution is 6.06. The first-order chi connectivity index (χ1) is 12.2. The molecular weight excluding hydrogens is 334 g/mol. The number of rotatable bonds is 4. The van der Waals surface area contributed by atoms with Crippen LogP contribution in [0.1, 0.15) is 39.7 Å². The maximum Gasteiger partial charge on any atom is 0.410 e. The Morgan fingerprint density at radius 1 is 1.19 bits per heavy atom. The smallest absolute Gasteiger partial charge is 0.410 e. The number of ether oxygens (including phenoxy) is 2. The van der Waals surface area contributed by atoms with Crippen LogP contribution in [0.3, 0.4) is 0 Å². The summed E-state index contributed by atoms with van der Waals surface area (Å²) in [5.74, 6) is -0.824. The summed E-state index contributed by atoms with van der Waals surface area (Å²) < 4.78 is 10.5. The summed E-state index contributed by atoms with van der Waals surface area (Å²) in [5.41, 5.74) is -1.00. The van der Waals surface area contributed by atoms with Crippen molar-refractivity contribution in [2.24, 2.45) is 5.41 Å². The number of likely N-dealkylation sites (tertiary alicyclic amines) is 1. The van der Waals surface area contributed by atoms with Gasteiger partial charge in [0.15, 0.2) is 5.78 Å². The fourth-order valence-corrected chi connectivity index (χ4v) is 3.04. The van der Waals surface area contributed by atoms with Crippen LogP contribution in [0.2, 0.25) is 0 Å². The SMILES string of the molecule is CCOC(=O)C1(Cc2ccccc2)CCN(C(=O)OC(C)(C)C)CC1=O. The van der Waals surface area contributed by atoms with Crippen molar-refractivity contribution >= 4 is 17.8 Å². The van der Waals surface area contributed by atoms with Crippen LogP contribution >= 0.6 is 0 Å². The lowest BCUT2D eigenvalue weighted by Gasteiger charge is -2.38. The van der Waals surface area contributed by atoms with E-state index in [1.54, 1.807) is 27.7 Å². The Bertz CT molecular complexity index is 665. The molecule has 1 heterocycles. The van der Waals surface area contributed by atoms with E-state index in [9.17, 15) is 14.4 Å². The molecule has 6 heteroatoms. The molecule has 0 aliphatic carbocycles. The average molecular weight is 361 g/mol. The molecule has 6 nitrogen and oxygen atoms in total. The van der Waals surface area contributed by atoms with E-state index in [1.165, 1.54) is 4.90 Å². The molecule has 0 radical (unpaired) electrons. The van der Waals surface area contributed by atoms with Gasteiger partial charge in [0.05, 0.1) is 13.2 Å². The van der Waals surface area contributed by atoms with Gasteiger partial charge in [0.2, 0.25) is 0 Å². The average Bonchev–Trinajstić information content (AvgIpc) is 2.56. The van der Waals surface area contributed by atoms with E-state index in [0.717, 1.165) is 5.56 Å². The molecule has 1 unspecified atom stereocenters. The molecule has 1 aromatic carbocycles. The van der Waals surface area contributed by atoms with Crippen LogP contribution < -0.4 is 0 Å². The van der Waals surface area contributed by atoms with Crippen LogP contribution in [-0.4, -0.2) is 48.0 Å². The van der Waals surface area contributed by atoms with Gasteiger partial charge in [0.1, 0.15) is 11.0 Å². The number of esters is 1. The number of hydrogen-bond donors (Lipinski definition) is 0. The molecule has 1 aliphatic rings. The second-order valence-corrected chi connectivity index (χ2v) is 7.54. The molecule has 1 atom stereocenters. The number of hydrogen-bond acceptors (Lipinski definition) is 5. The first-order valence-corrected chi connectivity index (χ1v) is 8.90. The molecule has 0 saturated carbocycles. The van der Waals surface area contributed by atoms with E-state index in [2.05, 4.69) is 0 Å². The minimum atomic E-state index is -1.25. The number of nitrogens with zero attached hydrogens (tertiary/aromatic N) is 1. The number of piperidine rings is 1. The number of carbonyl (C=O) groups is 3. The van der Waals surface area contributed by atoms with Crippen molar-refractivity contribution in [3.8, 4) is 0 Å². The minimum absolute atomic E-state index is 0.152. The van der Waals surface area contributed by atoms with Gasteiger partial charge in [-0.25, -0.2) is 4.79 Å². The monoisotopic (exact) mass is 361 g/mol. The van der Waals surface area contributed by atoms with Gasteiger partial charge >= 0.3 is 12.1 Å². The number of ketones is 1. The van der Waals surface area contributed by atoms with Gasteiger partial charge in [-0.05, 0) is 46.1 Å². The van der Waals surface area contributed by atoms with Crippen molar-refractivity contribution in [1.29, 1.82) is 0 Å². The van der Waals surface area contributed by atoms with Gasteiger partial charge < -0.3 is 14.4 Å². The summed E-state index contributed by atoms with van der Waals surface area (Å²) in [6, 6.07) is 9.39. The maximum absolute atomic E-state index is 13.0. The standard InChI is InChI=1S/C20H27NO5/c1-5-25-17(23)20(13-15-9-7-6-8-10-15)11-12-21(14-16(20)22)18(24)26-19(2,3)4/h6-10H,5,11-14H2,1-4H3. The van der Waals surface area contributed by atoms with E-state index in [0.29, 0.717) is 0 Å². The Labute approximate surface area is 154 Å². The third-order valence-electron chi connectivity index (χ3n) is 4.34. The van der Waals surface area contributed by atoms with Crippen LogP contribution in [0.25, 0.3) is 0 Å². The lowest BCUT2D eigenvalue weighted by molar-refractivity contribution is -0.163. The summed E-state index contributed by atoms with van der Waals surface area (Å²) in [7, 11) is 0. The van der Waals surface area contributed by atoms with Gasteiger partial charge in [-0.1, -0.05) is 30.3 Å². The van der Waals surface area contributed by atoms with E-state index < -0.39 is 23.1 Å². The van der Waals surface area contributed by atoms with Crippen LogP contribution in [0.15, 0.2) is 30.3 Å². The third kappa shape index (κ3) is 4.62. The highest BCUT2D eigenvalue weighted by atomic mass is 16.6. The Morgan fingerprint density at radius 3 is 2.38 bits per heavy atom. The Morgan fingerprint density at radius 2 is 1.85 bits per heavy atom. The second kappa shape index (κ2) is 7.89. The summed E-state index contributed by atoms with van der Waals surface area (Å²) in [6.45, 7) is 7.36. The van der Waals surface area contributed by atoms with E-state index in [-0.39, 0.29) is 38.3 Å². The highest BCUT2D eigenvalue weighted by Crippen LogP contribution is 2.34. The minimum Gasteiger partial charge on any atom is -0.465 e. The molecule has 1 aliphatic heterocycles. The molecule has 1 fully saturated rings. The van der Waals surface area contributed by atoms with Crippen LogP contribution in [0.5, 0.6) is 0 Å². The lowest BCUT2D eigenvalue weighted by atomic mass is 9.73. The summed E-state index contributed by atoms with van der Waals surface area (Å²) in [4.78, 5) is 39.2. The highest BCUT2D eigenvalue weighted by Gasteiger charge is 2.50. The van der Waals surface area contributed by atoms with Crippen molar-refractivity contribution in [2.45, 2.75) is 46.1 Å². The fraction of sp³-hybridized carbons (Fsp3) is 0.550. The number of Topliss-reactive ketones (excluding diaryl/α,β-unsaturated/α-hetero) is 1. The van der Waals surface area contributed by atoms with Gasteiger partial charge in [-0.3, -0.25) is 9.59 Å². The fourth-order valence-electron chi connectivity index (χ4n) is 3.04. The van der Waals surface area contributed by atoms with Crippen LogP contribution in [0.4, 0.5) is 4.79 Å². The molecule has 0 N–H and O–H groups in total.